The van der Waals surface area contributed by atoms with Crippen LogP contribution in [0.5, 0.6) is 0 Å². The number of aromatic nitrogens is 1. The summed E-state index contributed by atoms with van der Waals surface area (Å²) in [4.78, 5) is 28.6. The SMILES string of the molecule is CCOC(=O)c1sc(NC(=O)c2ccc(Cl)s2)nc1C. The molecule has 2 heterocycles. The minimum absolute atomic E-state index is 0.297. The van der Waals surface area contributed by atoms with E-state index in [1.165, 1.54) is 11.3 Å². The molecule has 2 aromatic rings. The van der Waals surface area contributed by atoms with Crippen molar-refractivity contribution in [3.05, 3.63) is 31.9 Å². The summed E-state index contributed by atoms with van der Waals surface area (Å²) in [5, 5.41) is 3.00. The quantitative estimate of drug-likeness (QED) is 0.870. The van der Waals surface area contributed by atoms with Crippen LogP contribution < -0.4 is 5.32 Å². The molecular weight excluding hydrogens is 320 g/mol. The summed E-state index contributed by atoms with van der Waals surface area (Å²) in [6, 6.07) is 3.29. The van der Waals surface area contributed by atoms with Crippen molar-refractivity contribution < 1.29 is 14.3 Å². The van der Waals surface area contributed by atoms with E-state index in [9.17, 15) is 9.59 Å². The molecular formula is C12H11ClN2O3S2. The van der Waals surface area contributed by atoms with Gasteiger partial charge in [-0.15, -0.1) is 11.3 Å². The Balaban J connectivity index is 2.12. The number of amides is 1. The van der Waals surface area contributed by atoms with Gasteiger partial charge in [0.2, 0.25) is 0 Å². The largest absolute Gasteiger partial charge is 0.462 e. The average molecular weight is 331 g/mol. The van der Waals surface area contributed by atoms with E-state index in [1.807, 2.05) is 0 Å². The predicted octanol–water partition coefficient (Wildman–Crippen LogP) is 3.60. The zero-order valence-electron chi connectivity index (χ0n) is 10.7. The number of rotatable bonds is 4. The molecule has 20 heavy (non-hydrogen) atoms. The summed E-state index contributed by atoms with van der Waals surface area (Å²) in [5.74, 6) is -0.728. The van der Waals surface area contributed by atoms with Crippen molar-refractivity contribution in [2.24, 2.45) is 0 Å². The second-order valence-corrected chi connectivity index (χ2v) is 6.43. The molecule has 106 valence electrons. The predicted molar refractivity (Wildman–Crippen MR) is 80.1 cm³/mol. The first-order chi connectivity index (χ1) is 9.51. The van der Waals surface area contributed by atoms with Crippen LogP contribution in [0.25, 0.3) is 0 Å². The maximum absolute atomic E-state index is 11.9. The lowest BCUT2D eigenvalue weighted by Crippen LogP contribution is -2.09. The van der Waals surface area contributed by atoms with Gasteiger partial charge < -0.3 is 4.74 Å². The highest BCUT2D eigenvalue weighted by Gasteiger charge is 2.18. The zero-order valence-corrected chi connectivity index (χ0v) is 13.1. The number of carbonyl (C=O) groups excluding carboxylic acids is 2. The van der Waals surface area contributed by atoms with E-state index >= 15 is 0 Å². The summed E-state index contributed by atoms with van der Waals surface area (Å²) >= 11 is 8.05. The Labute approximate surface area is 128 Å². The third-order valence-corrected chi connectivity index (χ3v) is 4.56. The Bertz CT molecular complexity index is 651. The first kappa shape index (κ1) is 15.0. The first-order valence-electron chi connectivity index (χ1n) is 5.72. The van der Waals surface area contributed by atoms with Crippen LogP contribution in [0, 0.1) is 6.92 Å². The third-order valence-electron chi connectivity index (χ3n) is 2.27. The molecule has 0 saturated heterocycles. The lowest BCUT2D eigenvalue weighted by Gasteiger charge is -1.98. The molecule has 0 fully saturated rings. The van der Waals surface area contributed by atoms with Crippen LogP contribution in [0.15, 0.2) is 12.1 Å². The van der Waals surface area contributed by atoms with Crippen molar-refractivity contribution in [3.8, 4) is 0 Å². The molecule has 0 unspecified atom stereocenters. The molecule has 0 atom stereocenters. The van der Waals surface area contributed by atoms with E-state index in [1.54, 1.807) is 26.0 Å². The molecule has 0 saturated carbocycles. The Morgan fingerprint density at radius 3 is 2.75 bits per heavy atom. The van der Waals surface area contributed by atoms with E-state index in [0.717, 1.165) is 11.3 Å². The normalized spacial score (nSPS) is 10.3. The van der Waals surface area contributed by atoms with Crippen LogP contribution in [0.3, 0.4) is 0 Å². The molecule has 0 spiro atoms. The van der Waals surface area contributed by atoms with E-state index < -0.39 is 5.97 Å². The number of nitrogens with one attached hydrogen (secondary N) is 1. The fourth-order valence-corrected chi connectivity index (χ4v) is 3.22. The summed E-state index contributed by atoms with van der Waals surface area (Å²) in [7, 11) is 0. The minimum Gasteiger partial charge on any atom is -0.462 e. The van der Waals surface area contributed by atoms with Crippen molar-refractivity contribution in [2.75, 3.05) is 11.9 Å². The van der Waals surface area contributed by atoms with Crippen LogP contribution in [0.4, 0.5) is 5.13 Å². The van der Waals surface area contributed by atoms with Crippen molar-refractivity contribution in [1.82, 2.24) is 4.98 Å². The van der Waals surface area contributed by atoms with Gasteiger partial charge in [-0.25, -0.2) is 9.78 Å². The Kier molecular flexibility index (Phi) is 4.74. The van der Waals surface area contributed by atoms with Gasteiger partial charge in [0, 0.05) is 0 Å². The molecule has 1 N–H and O–H groups in total. The first-order valence-corrected chi connectivity index (χ1v) is 7.73. The molecule has 2 rings (SSSR count). The molecule has 0 aliphatic rings. The summed E-state index contributed by atoms with van der Waals surface area (Å²) in [6.07, 6.45) is 0. The monoisotopic (exact) mass is 330 g/mol. The summed E-state index contributed by atoms with van der Waals surface area (Å²) in [5.41, 5.74) is 0.535. The minimum atomic E-state index is -0.429. The highest BCUT2D eigenvalue weighted by atomic mass is 35.5. The fraction of sp³-hybridized carbons (Fsp3) is 0.250. The number of nitrogens with zero attached hydrogens (tertiary/aromatic N) is 1. The average Bonchev–Trinajstić information content (AvgIpc) is 2.96. The molecule has 0 aromatic carbocycles. The third kappa shape index (κ3) is 3.36. The molecule has 0 aliphatic carbocycles. The smallest absolute Gasteiger partial charge is 0.350 e. The highest BCUT2D eigenvalue weighted by molar-refractivity contribution is 7.19. The molecule has 0 radical (unpaired) electrons. The number of halogens is 1. The number of thiazole rings is 1. The zero-order chi connectivity index (χ0) is 14.7. The van der Waals surface area contributed by atoms with Crippen LogP contribution >= 0.6 is 34.3 Å². The molecule has 1 amide bonds. The Morgan fingerprint density at radius 1 is 1.40 bits per heavy atom. The fourth-order valence-electron chi connectivity index (χ4n) is 1.43. The van der Waals surface area contributed by atoms with Gasteiger partial charge in [0.1, 0.15) is 4.88 Å². The van der Waals surface area contributed by atoms with Crippen molar-refractivity contribution >= 4 is 51.3 Å². The van der Waals surface area contributed by atoms with Crippen molar-refractivity contribution in [1.29, 1.82) is 0 Å². The maximum Gasteiger partial charge on any atom is 0.350 e. The number of hydrogen-bond acceptors (Lipinski definition) is 6. The standard InChI is InChI=1S/C12H11ClN2O3S2/c1-3-18-11(17)9-6(2)14-12(20-9)15-10(16)7-4-5-8(13)19-7/h4-5H,3H2,1-2H3,(H,14,15,16). The number of ether oxygens (including phenoxy) is 1. The molecule has 0 bridgehead atoms. The van der Waals surface area contributed by atoms with Crippen molar-refractivity contribution in [2.45, 2.75) is 13.8 Å². The Morgan fingerprint density at radius 2 is 2.15 bits per heavy atom. The lowest BCUT2D eigenvalue weighted by molar-refractivity contribution is 0.0531. The number of hydrogen-bond donors (Lipinski definition) is 1. The van der Waals surface area contributed by atoms with Gasteiger partial charge in [0.15, 0.2) is 5.13 Å². The number of esters is 1. The van der Waals surface area contributed by atoms with Gasteiger partial charge in [0.25, 0.3) is 5.91 Å². The van der Waals surface area contributed by atoms with Crippen molar-refractivity contribution in [3.63, 3.8) is 0 Å². The second-order valence-electron chi connectivity index (χ2n) is 3.71. The van der Waals surface area contributed by atoms with Gasteiger partial charge in [-0.05, 0) is 26.0 Å². The van der Waals surface area contributed by atoms with E-state index in [-0.39, 0.29) is 5.91 Å². The maximum atomic E-state index is 11.9. The van der Waals surface area contributed by atoms with Gasteiger partial charge in [-0.2, -0.15) is 0 Å². The van der Waals surface area contributed by atoms with E-state index in [2.05, 4.69) is 10.3 Å². The van der Waals surface area contributed by atoms with Gasteiger partial charge in [-0.3, -0.25) is 10.1 Å². The Hall–Kier alpha value is -1.44. The molecule has 8 heteroatoms. The van der Waals surface area contributed by atoms with E-state index in [4.69, 9.17) is 16.3 Å². The van der Waals surface area contributed by atoms with Crippen LogP contribution in [0.1, 0.15) is 32.0 Å². The number of carbonyl (C=O) groups is 2. The van der Waals surface area contributed by atoms with Gasteiger partial charge in [-0.1, -0.05) is 22.9 Å². The lowest BCUT2D eigenvalue weighted by atomic mass is 10.4. The van der Waals surface area contributed by atoms with E-state index in [0.29, 0.717) is 31.5 Å². The summed E-state index contributed by atoms with van der Waals surface area (Å²) in [6.45, 7) is 3.73. The van der Waals surface area contributed by atoms with Gasteiger partial charge in [0.05, 0.1) is 21.5 Å². The van der Waals surface area contributed by atoms with Crippen LogP contribution in [0.2, 0.25) is 4.34 Å². The van der Waals surface area contributed by atoms with Crippen LogP contribution in [-0.2, 0) is 4.74 Å². The number of anilines is 1. The van der Waals surface area contributed by atoms with Gasteiger partial charge >= 0.3 is 5.97 Å². The van der Waals surface area contributed by atoms with Crippen LogP contribution in [-0.4, -0.2) is 23.5 Å². The molecule has 2 aromatic heterocycles. The number of thiophene rings is 1. The molecule has 0 aliphatic heterocycles. The molecule has 5 nitrogen and oxygen atoms in total. The topological polar surface area (TPSA) is 68.3 Å². The number of aryl methyl sites for hydroxylation is 1. The highest BCUT2D eigenvalue weighted by Crippen LogP contribution is 2.26. The summed E-state index contributed by atoms with van der Waals surface area (Å²) < 4.78 is 5.46. The second kappa shape index (κ2) is 6.34.